The first kappa shape index (κ1) is 19.1. The minimum atomic E-state index is -3.54. The Morgan fingerprint density at radius 2 is 1.71 bits per heavy atom. The zero-order valence-electron chi connectivity index (χ0n) is 15.0. The molecule has 0 radical (unpaired) electrons. The maximum Gasteiger partial charge on any atom is 0.247 e. The van der Waals surface area contributed by atoms with E-state index < -0.39 is 10.0 Å². The molecule has 0 bridgehead atoms. The number of benzene rings is 2. The van der Waals surface area contributed by atoms with Crippen molar-refractivity contribution < 1.29 is 12.8 Å². The second-order valence-corrected chi connectivity index (χ2v) is 8.88. The molecule has 2 aromatic carbocycles. The molecule has 1 aliphatic heterocycles. The van der Waals surface area contributed by atoms with Gasteiger partial charge in [0.05, 0.1) is 11.4 Å². The van der Waals surface area contributed by atoms with Crippen LogP contribution in [0.4, 0.5) is 0 Å². The van der Waals surface area contributed by atoms with Crippen molar-refractivity contribution in [3.05, 3.63) is 65.5 Å². The summed E-state index contributed by atoms with van der Waals surface area (Å²) in [6.45, 7) is 2.46. The van der Waals surface area contributed by atoms with Gasteiger partial charge in [-0.15, -0.1) is 10.2 Å². The largest absolute Gasteiger partial charge is 0.419 e. The molecule has 0 saturated carbocycles. The molecule has 2 heterocycles. The Labute approximate surface area is 168 Å². The van der Waals surface area contributed by atoms with Crippen molar-refractivity contribution in [1.82, 2.24) is 19.4 Å². The summed E-state index contributed by atoms with van der Waals surface area (Å²) in [5, 5.41) is 8.61. The first-order valence-corrected chi connectivity index (χ1v) is 10.7. The lowest BCUT2D eigenvalue weighted by atomic mass is 10.2. The van der Waals surface area contributed by atoms with E-state index in [0.717, 1.165) is 5.56 Å². The van der Waals surface area contributed by atoms with Crippen LogP contribution in [0.1, 0.15) is 5.89 Å². The van der Waals surface area contributed by atoms with Crippen molar-refractivity contribution in [1.29, 1.82) is 0 Å². The number of nitrogens with zero attached hydrogens (tertiary/aromatic N) is 4. The molecular weight excluding hydrogens is 400 g/mol. The highest BCUT2D eigenvalue weighted by Gasteiger charge is 2.29. The van der Waals surface area contributed by atoms with E-state index in [2.05, 4.69) is 15.1 Å². The molecule has 9 heteroatoms. The molecule has 0 unspecified atom stereocenters. The van der Waals surface area contributed by atoms with Crippen LogP contribution in [-0.4, -0.2) is 54.0 Å². The average molecular weight is 419 g/mol. The van der Waals surface area contributed by atoms with Crippen LogP contribution in [0.15, 0.2) is 63.9 Å². The smallest absolute Gasteiger partial charge is 0.247 e. The van der Waals surface area contributed by atoms with Gasteiger partial charge in [-0.25, -0.2) is 8.42 Å². The zero-order valence-corrected chi connectivity index (χ0v) is 16.6. The fraction of sp³-hybridized carbons (Fsp3) is 0.263. The summed E-state index contributed by atoms with van der Waals surface area (Å²) < 4.78 is 32.8. The SMILES string of the molecule is O=S(=O)(c1cccc(Cl)c1)N1CCN(Cc2nnc(-c3ccccc3)o2)CC1. The minimum Gasteiger partial charge on any atom is -0.419 e. The third-order valence-electron chi connectivity index (χ3n) is 4.61. The van der Waals surface area contributed by atoms with E-state index in [4.69, 9.17) is 16.0 Å². The van der Waals surface area contributed by atoms with Gasteiger partial charge in [0.2, 0.25) is 21.8 Å². The first-order valence-electron chi connectivity index (χ1n) is 8.88. The van der Waals surface area contributed by atoms with Crippen molar-refractivity contribution in [3.8, 4) is 11.5 Å². The Balaban J connectivity index is 1.38. The molecule has 0 atom stereocenters. The van der Waals surface area contributed by atoms with E-state index in [1.165, 1.54) is 10.4 Å². The minimum absolute atomic E-state index is 0.220. The topological polar surface area (TPSA) is 79.5 Å². The number of sulfonamides is 1. The summed E-state index contributed by atoms with van der Waals surface area (Å²) in [7, 11) is -3.54. The number of hydrogen-bond acceptors (Lipinski definition) is 6. The summed E-state index contributed by atoms with van der Waals surface area (Å²) >= 11 is 5.94. The van der Waals surface area contributed by atoms with Gasteiger partial charge in [0.15, 0.2) is 0 Å². The fourth-order valence-electron chi connectivity index (χ4n) is 3.11. The van der Waals surface area contributed by atoms with Gasteiger partial charge in [-0.3, -0.25) is 4.90 Å². The van der Waals surface area contributed by atoms with Gasteiger partial charge in [0, 0.05) is 36.8 Å². The summed E-state index contributed by atoms with van der Waals surface area (Å²) in [5.41, 5.74) is 0.874. The van der Waals surface area contributed by atoms with Crippen LogP contribution < -0.4 is 0 Å². The van der Waals surface area contributed by atoms with Crippen LogP contribution in [0, 0.1) is 0 Å². The normalized spacial score (nSPS) is 16.3. The number of halogens is 1. The van der Waals surface area contributed by atoms with Crippen LogP contribution in [0.2, 0.25) is 5.02 Å². The number of hydrogen-bond donors (Lipinski definition) is 0. The van der Waals surface area contributed by atoms with E-state index in [0.29, 0.717) is 49.5 Å². The lowest BCUT2D eigenvalue weighted by Crippen LogP contribution is -2.48. The van der Waals surface area contributed by atoms with Gasteiger partial charge >= 0.3 is 0 Å². The predicted molar refractivity (Wildman–Crippen MR) is 105 cm³/mol. The molecule has 3 aromatic rings. The standard InChI is InChI=1S/C19H19ClN4O3S/c20-16-7-4-8-17(13-16)28(25,26)24-11-9-23(10-12-24)14-18-21-22-19(27-18)15-5-2-1-3-6-15/h1-8,13H,9-12,14H2. The summed E-state index contributed by atoms with van der Waals surface area (Å²) in [6.07, 6.45) is 0. The molecule has 0 spiro atoms. The fourth-order valence-corrected chi connectivity index (χ4v) is 4.83. The van der Waals surface area contributed by atoms with E-state index in [1.807, 2.05) is 30.3 Å². The highest BCUT2D eigenvalue weighted by atomic mass is 35.5. The van der Waals surface area contributed by atoms with Crippen molar-refractivity contribution in [2.45, 2.75) is 11.4 Å². The van der Waals surface area contributed by atoms with Crippen LogP contribution in [0.25, 0.3) is 11.5 Å². The van der Waals surface area contributed by atoms with Crippen LogP contribution in [-0.2, 0) is 16.6 Å². The molecule has 0 N–H and O–H groups in total. The van der Waals surface area contributed by atoms with Gasteiger partial charge in [-0.05, 0) is 30.3 Å². The van der Waals surface area contributed by atoms with Crippen molar-refractivity contribution in [3.63, 3.8) is 0 Å². The number of rotatable bonds is 5. The molecule has 7 nitrogen and oxygen atoms in total. The summed E-state index contributed by atoms with van der Waals surface area (Å²) in [5.74, 6) is 1.00. The molecule has 1 fully saturated rings. The molecule has 28 heavy (non-hydrogen) atoms. The van der Waals surface area contributed by atoms with Crippen molar-refractivity contribution in [2.24, 2.45) is 0 Å². The molecule has 0 aliphatic carbocycles. The second-order valence-electron chi connectivity index (χ2n) is 6.50. The van der Waals surface area contributed by atoms with Gasteiger partial charge in [0.25, 0.3) is 0 Å². The molecule has 146 valence electrons. The molecule has 4 rings (SSSR count). The third kappa shape index (κ3) is 4.10. The Morgan fingerprint density at radius 3 is 2.43 bits per heavy atom. The van der Waals surface area contributed by atoms with E-state index in [-0.39, 0.29) is 4.90 Å². The van der Waals surface area contributed by atoms with Gasteiger partial charge < -0.3 is 4.42 Å². The Hall–Kier alpha value is -2.26. The second kappa shape index (κ2) is 8.00. The molecule has 0 amide bonds. The van der Waals surface area contributed by atoms with Crippen LogP contribution >= 0.6 is 11.6 Å². The Kier molecular flexibility index (Phi) is 5.45. The maximum absolute atomic E-state index is 12.8. The van der Waals surface area contributed by atoms with E-state index in [1.54, 1.807) is 18.2 Å². The lowest BCUT2D eigenvalue weighted by Gasteiger charge is -2.33. The molecule has 1 aliphatic rings. The van der Waals surface area contributed by atoms with Gasteiger partial charge in [-0.2, -0.15) is 4.31 Å². The van der Waals surface area contributed by atoms with E-state index in [9.17, 15) is 8.42 Å². The maximum atomic E-state index is 12.8. The lowest BCUT2D eigenvalue weighted by molar-refractivity contribution is 0.168. The third-order valence-corrected chi connectivity index (χ3v) is 6.74. The van der Waals surface area contributed by atoms with Crippen molar-refractivity contribution in [2.75, 3.05) is 26.2 Å². The highest BCUT2D eigenvalue weighted by molar-refractivity contribution is 7.89. The van der Waals surface area contributed by atoms with Gasteiger partial charge in [0.1, 0.15) is 0 Å². The predicted octanol–water partition coefficient (Wildman–Crippen LogP) is 2.90. The quantitative estimate of drug-likeness (QED) is 0.633. The zero-order chi connectivity index (χ0) is 19.6. The van der Waals surface area contributed by atoms with Gasteiger partial charge in [-0.1, -0.05) is 35.9 Å². The Morgan fingerprint density at radius 1 is 0.964 bits per heavy atom. The number of aromatic nitrogens is 2. The van der Waals surface area contributed by atoms with Crippen LogP contribution in [0.5, 0.6) is 0 Å². The molecular formula is C19H19ClN4O3S. The number of piperazine rings is 1. The molecule has 1 aromatic heterocycles. The highest BCUT2D eigenvalue weighted by Crippen LogP contribution is 2.22. The average Bonchev–Trinajstić information content (AvgIpc) is 3.18. The Bertz CT molecular complexity index is 1050. The van der Waals surface area contributed by atoms with E-state index >= 15 is 0 Å². The van der Waals surface area contributed by atoms with Crippen molar-refractivity contribution >= 4 is 21.6 Å². The summed E-state index contributed by atoms with van der Waals surface area (Å²) in [6, 6.07) is 15.9. The van der Waals surface area contributed by atoms with Crippen LogP contribution in [0.3, 0.4) is 0 Å². The molecule has 1 saturated heterocycles. The monoisotopic (exact) mass is 418 g/mol. The summed E-state index contributed by atoms with van der Waals surface area (Å²) in [4.78, 5) is 2.32. The first-order chi connectivity index (χ1) is 13.5.